The number of nitrogens with one attached hydrogen (secondary N) is 2. The molecule has 1 aliphatic carbocycles. The van der Waals surface area contributed by atoms with Crippen LogP contribution < -0.4 is 10.6 Å². The van der Waals surface area contributed by atoms with Crippen molar-refractivity contribution in [3.8, 4) is 0 Å². The highest BCUT2D eigenvalue weighted by molar-refractivity contribution is 5.77. The zero-order valence-corrected chi connectivity index (χ0v) is 13.3. The lowest BCUT2D eigenvalue weighted by Crippen LogP contribution is -2.49. The summed E-state index contributed by atoms with van der Waals surface area (Å²) >= 11 is 0. The maximum atomic E-state index is 12.8. The fourth-order valence-corrected chi connectivity index (χ4v) is 3.36. The fraction of sp³-hybridized carbons (Fsp3) is 0.867. The molecule has 2 N–H and O–H groups in total. The lowest BCUT2D eigenvalue weighted by molar-refractivity contribution is -0.183. The standard InChI is InChI=1S/C15H24F3N3O2/c1-2-13(22)21-7-6-12(9-21)20-14(23)19-11-5-3-4-10(8-11)15(16,17)18/h10-12H,2-9H2,1H3,(H2,19,20,23)/t10-,11+,12+/m1/s1. The Balaban J connectivity index is 1.76. The molecule has 0 bridgehead atoms. The van der Waals surface area contributed by atoms with Crippen molar-refractivity contribution in [1.82, 2.24) is 15.5 Å². The van der Waals surface area contributed by atoms with Crippen molar-refractivity contribution in [2.24, 2.45) is 5.92 Å². The van der Waals surface area contributed by atoms with E-state index in [4.69, 9.17) is 0 Å². The van der Waals surface area contributed by atoms with E-state index < -0.39 is 24.2 Å². The first kappa shape index (κ1) is 17.9. The molecule has 2 fully saturated rings. The Morgan fingerprint density at radius 2 is 1.83 bits per heavy atom. The van der Waals surface area contributed by atoms with E-state index in [2.05, 4.69) is 10.6 Å². The molecule has 1 heterocycles. The second-order valence-electron chi connectivity index (χ2n) is 6.40. The van der Waals surface area contributed by atoms with E-state index >= 15 is 0 Å². The van der Waals surface area contributed by atoms with Crippen LogP contribution in [0.5, 0.6) is 0 Å². The van der Waals surface area contributed by atoms with Crippen molar-refractivity contribution < 1.29 is 22.8 Å². The summed E-state index contributed by atoms with van der Waals surface area (Å²) in [5, 5.41) is 5.42. The molecule has 0 aromatic carbocycles. The Labute approximate surface area is 134 Å². The van der Waals surface area contributed by atoms with E-state index in [9.17, 15) is 22.8 Å². The molecule has 132 valence electrons. The Bertz CT molecular complexity index is 442. The number of carbonyl (C=O) groups excluding carboxylic acids is 2. The van der Waals surface area contributed by atoms with Crippen LogP contribution in [0.3, 0.4) is 0 Å². The molecule has 1 saturated heterocycles. The Hall–Kier alpha value is -1.47. The molecule has 1 saturated carbocycles. The molecule has 3 atom stereocenters. The number of nitrogens with zero attached hydrogens (tertiary/aromatic N) is 1. The lowest BCUT2D eigenvalue weighted by atomic mass is 9.85. The van der Waals surface area contributed by atoms with Gasteiger partial charge in [0.15, 0.2) is 0 Å². The smallest absolute Gasteiger partial charge is 0.341 e. The van der Waals surface area contributed by atoms with Gasteiger partial charge in [0.05, 0.1) is 5.92 Å². The van der Waals surface area contributed by atoms with Crippen LogP contribution in [-0.2, 0) is 4.79 Å². The number of hydrogen-bond acceptors (Lipinski definition) is 2. The van der Waals surface area contributed by atoms with Gasteiger partial charge in [-0.25, -0.2) is 4.79 Å². The Kier molecular flexibility index (Phi) is 5.75. The first-order valence-corrected chi connectivity index (χ1v) is 8.21. The predicted octanol–water partition coefficient (Wildman–Crippen LogP) is 2.42. The van der Waals surface area contributed by atoms with Crippen LogP contribution in [0.1, 0.15) is 45.4 Å². The highest BCUT2D eigenvalue weighted by Gasteiger charge is 2.42. The highest BCUT2D eigenvalue weighted by atomic mass is 19.4. The zero-order valence-electron chi connectivity index (χ0n) is 13.3. The molecule has 0 unspecified atom stereocenters. The van der Waals surface area contributed by atoms with Gasteiger partial charge in [0, 0.05) is 31.6 Å². The van der Waals surface area contributed by atoms with Gasteiger partial charge in [-0.3, -0.25) is 4.79 Å². The number of alkyl halides is 3. The van der Waals surface area contributed by atoms with Crippen LogP contribution in [0.4, 0.5) is 18.0 Å². The van der Waals surface area contributed by atoms with Crippen molar-refractivity contribution in [3.63, 3.8) is 0 Å². The van der Waals surface area contributed by atoms with E-state index in [1.165, 1.54) is 0 Å². The number of urea groups is 1. The maximum absolute atomic E-state index is 12.8. The van der Waals surface area contributed by atoms with Crippen molar-refractivity contribution in [2.45, 2.75) is 63.7 Å². The summed E-state index contributed by atoms with van der Waals surface area (Å²) < 4.78 is 38.3. The Morgan fingerprint density at radius 1 is 1.13 bits per heavy atom. The van der Waals surface area contributed by atoms with Gasteiger partial charge in [0.1, 0.15) is 0 Å². The summed E-state index contributed by atoms with van der Waals surface area (Å²) in [7, 11) is 0. The monoisotopic (exact) mass is 335 g/mol. The largest absolute Gasteiger partial charge is 0.391 e. The third-order valence-corrected chi connectivity index (χ3v) is 4.65. The molecule has 0 aromatic rings. The SMILES string of the molecule is CCC(=O)N1CC[C@H](NC(=O)N[C@H]2CCC[C@@H](C(F)(F)F)C2)C1. The van der Waals surface area contributed by atoms with Gasteiger partial charge in [0.25, 0.3) is 0 Å². The highest BCUT2D eigenvalue weighted by Crippen LogP contribution is 2.37. The van der Waals surface area contributed by atoms with E-state index in [0.29, 0.717) is 38.8 Å². The van der Waals surface area contributed by atoms with Gasteiger partial charge >= 0.3 is 12.2 Å². The van der Waals surface area contributed by atoms with Crippen LogP contribution >= 0.6 is 0 Å². The van der Waals surface area contributed by atoms with Gasteiger partial charge in [-0.2, -0.15) is 13.2 Å². The molecule has 1 aliphatic heterocycles. The molecule has 0 radical (unpaired) electrons. The predicted molar refractivity (Wildman–Crippen MR) is 78.7 cm³/mol. The quantitative estimate of drug-likeness (QED) is 0.832. The van der Waals surface area contributed by atoms with Crippen LogP contribution in [-0.4, -0.2) is 48.2 Å². The molecule has 2 rings (SSSR count). The van der Waals surface area contributed by atoms with Gasteiger partial charge in [-0.05, 0) is 25.7 Å². The third kappa shape index (κ3) is 5.00. The van der Waals surface area contributed by atoms with Crippen molar-refractivity contribution >= 4 is 11.9 Å². The molecular formula is C15H24F3N3O2. The Morgan fingerprint density at radius 3 is 2.48 bits per heavy atom. The minimum Gasteiger partial charge on any atom is -0.341 e. The topological polar surface area (TPSA) is 61.4 Å². The molecule has 5 nitrogen and oxygen atoms in total. The number of likely N-dealkylation sites (tertiary alicyclic amines) is 1. The summed E-state index contributed by atoms with van der Waals surface area (Å²) in [5.74, 6) is -1.28. The van der Waals surface area contributed by atoms with E-state index in [0.717, 1.165) is 0 Å². The first-order chi connectivity index (χ1) is 10.8. The van der Waals surface area contributed by atoms with Crippen molar-refractivity contribution in [3.05, 3.63) is 0 Å². The summed E-state index contributed by atoms with van der Waals surface area (Å²) in [4.78, 5) is 25.2. The lowest BCUT2D eigenvalue weighted by Gasteiger charge is -2.31. The van der Waals surface area contributed by atoms with Gasteiger partial charge in [0.2, 0.25) is 5.91 Å². The number of amides is 3. The summed E-state index contributed by atoms with van der Waals surface area (Å²) in [5.41, 5.74) is 0. The van der Waals surface area contributed by atoms with Gasteiger partial charge in [-0.15, -0.1) is 0 Å². The molecule has 8 heteroatoms. The summed E-state index contributed by atoms with van der Waals surface area (Å²) in [6, 6.07) is -1.01. The minimum absolute atomic E-state index is 0.0509. The average molecular weight is 335 g/mol. The normalized spacial score (nSPS) is 28.5. The molecule has 0 spiro atoms. The van der Waals surface area contributed by atoms with Crippen LogP contribution in [0, 0.1) is 5.92 Å². The zero-order chi connectivity index (χ0) is 17.0. The maximum Gasteiger partial charge on any atom is 0.391 e. The average Bonchev–Trinajstić information content (AvgIpc) is 2.94. The second-order valence-corrected chi connectivity index (χ2v) is 6.40. The number of hydrogen-bond donors (Lipinski definition) is 2. The first-order valence-electron chi connectivity index (χ1n) is 8.21. The summed E-state index contributed by atoms with van der Waals surface area (Å²) in [6.07, 6.45) is -1.96. The molecule has 23 heavy (non-hydrogen) atoms. The summed E-state index contributed by atoms with van der Waals surface area (Å²) in [6.45, 7) is 2.86. The molecular weight excluding hydrogens is 311 g/mol. The van der Waals surface area contributed by atoms with Crippen LogP contribution in [0.25, 0.3) is 0 Å². The van der Waals surface area contributed by atoms with Gasteiger partial charge in [-0.1, -0.05) is 13.3 Å². The van der Waals surface area contributed by atoms with Crippen molar-refractivity contribution in [2.75, 3.05) is 13.1 Å². The number of halogens is 3. The third-order valence-electron chi connectivity index (χ3n) is 4.65. The van der Waals surface area contributed by atoms with Crippen molar-refractivity contribution in [1.29, 1.82) is 0 Å². The second kappa shape index (κ2) is 7.40. The fourth-order valence-electron chi connectivity index (χ4n) is 3.36. The number of rotatable bonds is 3. The molecule has 3 amide bonds. The van der Waals surface area contributed by atoms with Gasteiger partial charge < -0.3 is 15.5 Å². The van der Waals surface area contributed by atoms with Crippen LogP contribution in [0.2, 0.25) is 0 Å². The minimum atomic E-state index is -4.19. The van der Waals surface area contributed by atoms with E-state index in [-0.39, 0.29) is 24.8 Å². The molecule has 2 aliphatic rings. The van der Waals surface area contributed by atoms with E-state index in [1.54, 1.807) is 11.8 Å². The van der Waals surface area contributed by atoms with E-state index in [1.807, 2.05) is 0 Å². The molecule has 0 aromatic heterocycles. The number of carbonyl (C=O) groups is 2. The van der Waals surface area contributed by atoms with Crippen LogP contribution in [0.15, 0.2) is 0 Å².